The van der Waals surface area contributed by atoms with Crippen molar-refractivity contribution >= 4 is 12.6 Å². The molecule has 1 unspecified atom stereocenters. The van der Waals surface area contributed by atoms with E-state index in [0.717, 1.165) is 0 Å². The van der Waals surface area contributed by atoms with Crippen LogP contribution in [0.15, 0.2) is 0 Å². The molecule has 0 aromatic heterocycles. The highest BCUT2D eigenvalue weighted by atomic mass is 32.1. The van der Waals surface area contributed by atoms with Crippen LogP contribution in [0, 0.1) is 0 Å². The number of ether oxygens (including phenoxy) is 1. The van der Waals surface area contributed by atoms with Crippen LogP contribution in [-0.2, 0) is 4.74 Å². The minimum Gasteiger partial charge on any atom is -0.387 e. The zero-order valence-corrected chi connectivity index (χ0v) is 6.11. The van der Waals surface area contributed by atoms with E-state index in [4.69, 9.17) is 20.1 Å². The smallest absolute Gasteiger partial charge is 0.183 e. The van der Waals surface area contributed by atoms with E-state index in [9.17, 15) is 0 Å². The summed E-state index contributed by atoms with van der Waals surface area (Å²) in [5, 5.41) is 26.8. The van der Waals surface area contributed by atoms with Crippen LogP contribution in [0.25, 0.3) is 0 Å². The summed E-state index contributed by atoms with van der Waals surface area (Å²) in [7, 11) is 0. The van der Waals surface area contributed by atoms with Crippen molar-refractivity contribution in [2.45, 2.75) is 24.6 Å². The molecule has 1 fully saturated rings. The van der Waals surface area contributed by atoms with E-state index in [2.05, 4.69) is 12.6 Å². The largest absolute Gasteiger partial charge is 0.387 e. The zero-order valence-electron chi connectivity index (χ0n) is 5.21. The highest BCUT2D eigenvalue weighted by molar-refractivity contribution is 7.80. The molecule has 0 bridgehead atoms. The number of aliphatic hydroxyl groups excluding tert-OH is 3. The lowest BCUT2D eigenvalue weighted by Gasteiger charge is -2.09. The predicted molar refractivity (Wildman–Crippen MR) is 36.7 cm³/mol. The molecular formula is C5H10O4S. The van der Waals surface area contributed by atoms with Crippen LogP contribution in [0.5, 0.6) is 0 Å². The summed E-state index contributed by atoms with van der Waals surface area (Å²) >= 11 is 3.85. The second-order valence-electron chi connectivity index (χ2n) is 2.23. The average molecular weight is 166 g/mol. The first-order chi connectivity index (χ1) is 4.66. The number of aliphatic hydroxyl groups is 3. The molecule has 3 N–H and O–H groups in total. The summed E-state index contributed by atoms with van der Waals surface area (Å²) in [6.45, 7) is 0. The Balaban J connectivity index is 2.53. The lowest BCUT2D eigenvalue weighted by atomic mass is 10.2. The molecule has 5 heteroatoms. The molecule has 0 aliphatic carbocycles. The van der Waals surface area contributed by atoms with Gasteiger partial charge in [-0.25, -0.2) is 0 Å². The van der Waals surface area contributed by atoms with E-state index < -0.39 is 24.6 Å². The summed E-state index contributed by atoms with van der Waals surface area (Å²) in [6.07, 6.45) is -4.05. The first kappa shape index (κ1) is 8.29. The van der Waals surface area contributed by atoms with Gasteiger partial charge in [0, 0.05) is 5.75 Å². The van der Waals surface area contributed by atoms with Gasteiger partial charge in [0.25, 0.3) is 0 Å². The number of hydrogen-bond acceptors (Lipinski definition) is 5. The molecule has 4 nitrogen and oxygen atoms in total. The van der Waals surface area contributed by atoms with Crippen molar-refractivity contribution < 1.29 is 20.1 Å². The second-order valence-corrected chi connectivity index (χ2v) is 2.59. The minimum absolute atomic E-state index is 0.287. The van der Waals surface area contributed by atoms with Gasteiger partial charge in [0.15, 0.2) is 6.29 Å². The Kier molecular flexibility index (Phi) is 2.54. The third-order valence-electron chi connectivity index (χ3n) is 1.52. The molecule has 1 rings (SSSR count). The van der Waals surface area contributed by atoms with Crippen molar-refractivity contribution in [3.8, 4) is 0 Å². The van der Waals surface area contributed by atoms with Crippen molar-refractivity contribution in [3.63, 3.8) is 0 Å². The van der Waals surface area contributed by atoms with E-state index in [1.165, 1.54) is 0 Å². The van der Waals surface area contributed by atoms with Crippen molar-refractivity contribution in [2.75, 3.05) is 5.75 Å². The molecule has 4 atom stereocenters. The van der Waals surface area contributed by atoms with Gasteiger partial charge in [0.1, 0.15) is 12.2 Å². The standard InChI is InChI=1S/C5H10O4S/c6-3-2(1-10)9-5(8)4(3)7/h2-8,10H,1H2/t2-,3-,4+,5?/m0/s1. The molecule has 60 valence electrons. The maximum Gasteiger partial charge on any atom is 0.183 e. The number of rotatable bonds is 1. The molecule has 10 heavy (non-hydrogen) atoms. The van der Waals surface area contributed by atoms with Gasteiger partial charge in [-0.2, -0.15) is 12.6 Å². The summed E-state index contributed by atoms with van der Waals surface area (Å²) in [5.74, 6) is 0.287. The fraction of sp³-hybridized carbons (Fsp3) is 1.00. The van der Waals surface area contributed by atoms with Crippen molar-refractivity contribution in [2.24, 2.45) is 0 Å². The van der Waals surface area contributed by atoms with Crippen LogP contribution in [0.1, 0.15) is 0 Å². The summed E-state index contributed by atoms with van der Waals surface area (Å²) < 4.78 is 4.71. The topological polar surface area (TPSA) is 69.9 Å². The predicted octanol–water partition coefficient (Wildman–Crippen LogP) is -1.64. The molecule has 0 aromatic rings. The van der Waals surface area contributed by atoms with Gasteiger partial charge in [0.2, 0.25) is 0 Å². The summed E-state index contributed by atoms with van der Waals surface area (Å²) in [4.78, 5) is 0. The van der Waals surface area contributed by atoms with E-state index in [0.29, 0.717) is 0 Å². The van der Waals surface area contributed by atoms with Crippen LogP contribution in [-0.4, -0.2) is 45.7 Å². The maximum absolute atomic E-state index is 9.04. The summed E-state index contributed by atoms with van der Waals surface area (Å²) in [5.41, 5.74) is 0. The zero-order chi connectivity index (χ0) is 7.72. The van der Waals surface area contributed by atoms with Crippen LogP contribution >= 0.6 is 12.6 Å². The number of thiol groups is 1. The molecule has 1 aliphatic rings. The first-order valence-corrected chi connectivity index (χ1v) is 3.60. The molecule has 0 aromatic carbocycles. The Hall–Kier alpha value is 0.190. The monoisotopic (exact) mass is 166 g/mol. The molecule has 1 aliphatic heterocycles. The molecule has 0 radical (unpaired) electrons. The van der Waals surface area contributed by atoms with Crippen molar-refractivity contribution in [3.05, 3.63) is 0 Å². The Morgan fingerprint density at radius 2 is 1.80 bits per heavy atom. The average Bonchev–Trinajstić information content (AvgIpc) is 2.17. The fourth-order valence-electron chi connectivity index (χ4n) is 0.880. The first-order valence-electron chi connectivity index (χ1n) is 2.97. The molecule has 0 amide bonds. The van der Waals surface area contributed by atoms with Gasteiger partial charge in [-0.05, 0) is 0 Å². The van der Waals surface area contributed by atoms with Gasteiger partial charge in [-0.1, -0.05) is 0 Å². The van der Waals surface area contributed by atoms with E-state index in [1.807, 2.05) is 0 Å². The van der Waals surface area contributed by atoms with Gasteiger partial charge in [-0.3, -0.25) is 0 Å². The highest BCUT2D eigenvalue weighted by Gasteiger charge is 2.40. The SMILES string of the molecule is OC1O[C@@H](CS)[C@H](O)[C@H]1O. The minimum atomic E-state index is -1.27. The maximum atomic E-state index is 9.04. The Labute approximate surface area is 63.8 Å². The molecular weight excluding hydrogens is 156 g/mol. The quantitative estimate of drug-likeness (QED) is 0.352. The third kappa shape index (κ3) is 1.28. The fourth-order valence-corrected chi connectivity index (χ4v) is 1.18. The molecule has 0 spiro atoms. The van der Waals surface area contributed by atoms with Crippen molar-refractivity contribution in [1.82, 2.24) is 0 Å². The molecule has 1 saturated heterocycles. The Morgan fingerprint density at radius 3 is 2.00 bits per heavy atom. The highest BCUT2D eigenvalue weighted by Crippen LogP contribution is 2.19. The lowest BCUT2D eigenvalue weighted by molar-refractivity contribution is -0.123. The normalized spacial score (nSPS) is 48.0. The van der Waals surface area contributed by atoms with Crippen LogP contribution in [0.2, 0.25) is 0 Å². The van der Waals surface area contributed by atoms with Crippen LogP contribution in [0.4, 0.5) is 0 Å². The summed E-state index contributed by atoms with van der Waals surface area (Å²) in [6, 6.07) is 0. The molecule has 1 heterocycles. The number of hydrogen-bond donors (Lipinski definition) is 4. The van der Waals surface area contributed by atoms with E-state index >= 15 is 0 Å². The molecule has 0 saturated carbocycles. The van der Waals surface area contributed by atoms with Crippen LogP contribution in [0.3, 0.4) is 0 Å². The second kappa shape index (κ2) is 3.06. The van der Waals surface area contributed by atoms with Crippen LogP contribution < -0.4 is 0 Å². The van der Waals surface area contributed by atoms with Gasteiger partial charge < -0.3 is 20.1 Å². The third-order valence-corrected chi connectivity index (χ3v) is 1.88. The van der Waals surface area contributed by atoms with E-state index in [-0.39, 0.29) is 5.75 Å². The van der Waals surface area contributed by atoms with E-state index in [1.54, 1.807) is 0 Å². The Morgan fingerprint density at radius 1 is 1.20 bits per heavy atom. The Bertz CT molecular complexity index is 120. The van der Waals surface area contributed by atoms with Crippen molar-refractivity contribution in [1.29, 1.82) is 0 Å². The lowest BCUT2D eigenvalue weighted by Crippen LogP contribution is -2.32. The van der Waals surface area contributed by atoms with Gasteiger partial charge in [0.05, 0.1) is 6.10 Å². The van der Waals surface area contributed by atoms with Gasteiger partial charge >= 0.3 is 0 Å². The van der Waals surface area contributed by atoms with Gasteiger partial charge in [-0.15, -0.1) is 0 Å².